The molecule has 0 saturated carbocycles. The minimum absolute atomic E-state index is 0.276. The van der Waals surface area contributed by atoms with Gasteiger partial charge in [0, 0.05) is 50.4 Å². The molecule has 0 aliphatic carbocycles. The van der Waals surface area contributed by atoms with Gasteiger partial charge >= 0.3 is 0 Å². The summed E-state index contributed by atoms with van der Waals surface area (Å²) >= 11 is 0. The third kappa shape index (κ3) is 4.59. The second-order valence-electron chi connectivity index (χ2n) is 7.46. The molecule has 1 aliphatic heterocycles. The van der Waals surface area contributed by atoms with Crippen molar-refractivity contribution in [3.05, 3.63) is 52.5 Å². The zero-order valence-corrected chi connectivity index (χ0v) is 16.4. The molecule has 1 atom stereocenters. The molecule has 140 valence electrons. The van der Waals surface area contributed by atoms with Crippen molar-refractivity contribution >= 4 is 5.82 Å². The van der Waals surface area contributed by atoms with E-state index in [2.05, 4.69) is 52.9 Å². The second-order valence-corrected chi connectivity index (χ2v) is 7.46. The molecule has 1 unspecified atom stereocenters. The number of β-amino-alcohol motifs (C(OH)–C–C–N with tert-alkyl or cyclic N) is 1. The number of anilines is 1. The van der Waals surface area contributed by atoms with Crippen LogP contribution in [0, 0.1) is 20.8 Å². The molecule has 5 heteroatoms. The lowest BCUT2D eigenvalue weighted by Crippen LogP contribution is -2.48. The Bertz CT molecular complexity index is 752. The monoisotopic (exact) mass is 354 g/mol. The third-order valence-electron chi connectivity index (χ3n) is 4.96. The van der Waals surface area contributed by atoms with Crippen molar-refractivity contribution in [3.63, 3.8) is 0 Å². The summed E-state index contributed by atoms with van der Waals surface area (Å²) in [6, 6.07) is 8.66. The maximum absolute atomic E-state index is 9.62. The Morgan fingerprint density at radius 2 is 1.81 bits per heavy atom. The molecule has 3 rings (SSSR count). The molecule has 26 heavy (non-hydrogen) atoms. The van der Waals surface area contributed by atoms with Gasteiger partial charge in [-0.25, -0.2) is 9.97 Å². The van der Waals surface area contributed by atoms with Crippen LogP contribution in [0.25, 0.3) is 0 Å². The van der Waals surface area contributed by atoms with E-state index >= 15 is 0 Å². The predicted octanol–water partition coefficient (Wildman–Crippen LogP) is 2.50. The average molecular weight is 354 g/mol. The smallest absolute Gasteiger partial charge is 0.136 e. The Kier molecular flexibility index (Phi) is 5.89. The highest BCUT2D eigenvalue weighted by Crippen LogP contribution is 2.25. The summed E-state index contributed by atoms with van der Waals surface area (Å²) in [5.41, 5.74) is 4.88. The summed E-state index contributed by atoms with van der Waals surface area (Å²) < 4.78 is 0. The van der Waals surface area contributed by atoms with Gasteiger partial charge in [0.15, 0.2) is 0 Å². The minimum atomic E-state index is -0.276. The quantitative estimate of drug-likeness (QED) is 0.894. The van der Waals surface area contributed by atoms with Crippen LogP contribution in [0.1, 0.15) is 35.1 Å². The first-order chi connectivity index (χ1) is 12.4. The van der Waals surface area contributed by atoms with Crippen molar-refractivity contribution in [2.24, 2.45) is 0 Å². The van der Waals surface area contributed by atoms with Gasteiger partial charge in [-0.2, -0.15) is 0 Å². The van der Waals surface area contributed by atoms with E-state index < -0.39 is 0 Å². The number of piperazine rings is 1. The molecular weight excluding hydrogens is 324 g/mol. The number of aryl methyl sites for hydroxylation is 3. The van der Waals surface area contributed by atoms with Crippen molar-refractivity contribution in [1.82, 2.24) is 14.9 Å². The summed E-state index contributed by atoms with van der Waals surface area (Å²) in [6.45, 7) is 12.6. The highest BCUT2D eigenvalue weighted by Gasteiger charge is 2.22. The largest absolute Gasteiger partial charge is 0.392 e. The van der Waals surface area contributed by atoms with Crippen molar-refractivity contribution in [2.45, 2.75) is 40.2 Å². The molecule has 1 aromatic heterocycles. The van der Waals surface area contributed by atoms with Gasteiger partial charge in [0.1, 0.15) is 11.6 Å². The van der Waals surface area contributed by atoms with Gasteiger partial charge in [-0.1, -0.05) is 29.8 Å². The van der Waals surface area contributed by atoms with Crippen molar-refractivity contribution in [1.29, 1.82) is 0 Å². The highest BCUT2D eigenvalue weighted by atomic mass is 16.3. The van der Waals surface area contributed by atoms with Crippen molar-refractivity contribution < 1.29 is 5.11 Å². The first-order valence-corrected chi connectivity index (χ1v) is 9.47. The fourth-order valence-corrected chi connectivity index (χ4v) is 3.73. The first-order valence-electron chi connectivity index (χ1n) is 9.47. The van der Waals surface area contributed by atoms with E-state index in [0.717, 1.165) is 56.5 Å². The Morgan fingerprint density at radius 1 is 1.08 bits per heavy atom. The van der Waals surface area contributed by atoms with Gasteiger partial charge in [-0.05, 0) is 33.3 Å². The molecule has 1 fully saturated rings. The van der Waals surface area contributed by atoms with Crippen LogP contribution in [0.15, 0.2) is 24.3 Å². The maximum Gasteiger partial charge on any atom is 0.136 e. The van der Waals surface area contributed by atoms with E-state index in [1.54, 1.807) is 0 Å². The molecule has 1 aliphatic rings. The topological polar surface area (TPSA) is 52.5 Å². The molecule has 1 aromatic carbocycles. The Morgan fingerprint density at radius 3 is 2.46 bits per heavy atom. The molecule has 0 radical (unpaired) electrons. The number of aliphatic hydroxyl groups is 1. The van der Waals surface area contributed by atoms with E-state index in [4.69, 9.17) is 4.98 Å². The fraction of sp³-hybridized carbons (Fsp3) is 0.524. The summed E-state index contributed by atoms with van der Waals surface area (Å²) in [5.74, 6) is 1.91. The van der Waals surface area contributed by atoms with Gasteiger partial charge in [-0.3, -0.25) is 4.90 Å². The van der Waals surface area contributed by atoms with E-state index in [0.29, 0.717) is 0 Å². The molecule has 2 heterocycles. The second kappa shape index (κ2) is 8.14. The molecule has 0 amide bonds. The summed E-state index contributed by atoms with van der Waals surface area (Å²) in [4.78, 5) is 14.1. The minimum Gasteiger partial charge on any atom is -0.392 e. The Balaban J connectivity index is 1.83. The van der Waals surface area contributed by atoms with Gasteiger partial charge in [-0.15, -0.1) is 0 Å². The summed E-state index contributed by atoms with van der Waals surface area (Å²) in [6.07, 6.45) is 0.582. The van der Waals surface area contributed by atoms with E-state index in [9.17, 15) is 5.11 Å². The fourth-order valence-electron chi connectivity index (χ4n) is 3.73. The molecular formula is C21H30N4O. The van der Waals surface area contributed by atoms with Crippen LogP contribution in [0.5, 0.6) is 0 Å². The lowest BCUT2D eigenvalue weighted by Gasteiger charge is -2.37. The normalized spacial score (nSPS) is 16.7. The average Bonchev–Trinajstić information content (AvgIpc) is 2.57. The summed E-state index contributed by atoms with van der Waals surface area (Å²) in [7, 11) is 0. The first kappa shape index (κ1) is 18.8. The molecule has 0 spiro atoms. The van der Waals surface area contributed by atoms with Gasteiger partial charge in [0.2, 0.25) is 0 Å². The third-order valence-corrected chi connectivity index (χ3v) is 4.96. The van der Waals surface area contributed by atoms with Crippen molar-refractivity contribution in [2.75, 3.05) is 37.6 Å². The van der Waals surface area contributed by atoms with Gasteiger partial charge in [0.05, 0.1) is 6.10 Å². The van der Waals surface area contributed by atoms with E-state index in [1.807, 2.05) is 13.8 Å². The van der Waals surface area contributed by atoms with Crippen molar-refractivity contribution in [3.8, 4) is 0 Å². The Labute approximate surface area is 156 Å². The zero-order chi connectivity index (χ0) is 18.7. The molecule has 5 nitrogen and oxygen atoms in total. The number of hydrogen-bond acceptors (Lipinski definition) is 5. The number of nitrogens with zero attached hydrogens (tertiary/aromatic N) is 4. The van der Waals surface area contributed by atoms with E-state index in [1.165, 1.54) is 16.7 Å². The lowest BCUT2D eigenvalue weighted by molar-refractivity contribution is 0.122. The van der Waals surface area contributed by atoms with Crippen LogP contribution >= 0.6 is 0 Å². The summed E-state index contributed by atoms with van der Waals surface area (Å²) in [5, 5.41) is 9.62. The number of aromatic nitrogens is 2. The van der Waals surface area contributed by atoms with Gasteiger partial charge < -0.3 is 10.0 Å². The Hall–Kier alpha value is -1.98. The van der Waals surface area contributed by atoms with Crippen LogP contribution < -0.4 is 4.90 Å². The van der Waals surface area contributed by atoms with Crippen LogP contribution in [-0.4, -0.2) is 58.8 Å². The molecule has 1 saturated heterocycles. The maximum atomic E-state index is 9.62. The predicted molar refractivity (Wildman–Crippen MR) is 106 cm³/mol. The van der Waals surface area contributed by atoms with Crippen LogP contribution in [-0.2, 0) is 6.42 Å². The van der Waals surface area contributed by atoms with E-state index in [-0.39, 0.29) is 6.10 Å². The number of rotatable bonds is 5. The van der Waals surface area contributed by atoms with Crippen LogP contribution in [0.3, 0.4) is 0 Å². The number of aliphatic hydroxyl groups excluding tert-OH is 1. The SMILES string of the molecule is Cc1cccc(Cc2c(C)nc(C)nc2N2CCN(CC(C)O)CC2)c1. The molecule has 0 bridgehead atoms. The number of hydrogen-bond donors (Lipinski definition) is 1. The lowest BCUT2D eigenvalue weighted by atomic mass is 10.0. The van der Waals surface area contributed by atoms with Gasteiger partial charge in [0.25, 0.3) is 0 Å². The molecule has 2 aromatic rings. The van der Waals surface area contributed by atoms with Crippen LogP contribution in [0.2, 0.25) is 0 Å². The molecule has 1 N–H and O–H groups in total. The number of benzene rings is 1. The highest BCUT2D eigenvalue weighted by molar-refractivity contribution is 5.51. The zero-order valence-electron chi connectivity index (χ0n) is 16.4. The van der Waals surface area contributed by atoms with Crippen LogP contribution in [0.4, 0.5) is 5.82 Å². The standard InChI is InChI=1S/C21H30N4O/c1-15-6-5-7-19(12-15)13-20-17(3)22-18(4)23-21(20)25-10-8-24(9-11-25)14-16(2)26/h5-7,12,16,26H,8-11,13-14H2,1-4H3.